The molecule has 6 aromatic carbocycles. The van der Waals surface area contributed by atoms with Crippen molar-refractivity contribution in [1.29, 1.82) is 0 Å². The summed E-state index contributed by atoms with van der Waals surface area (Å²) >= 11 is 0. The number of anilines is 4. The van der Waals surface area contributed by atoms with Gasteiger partial charge in [0.2, 0.25) is 0 Å². The first-order valence-electron chi connectivity index (χ1n) is 16.2. The van der Waals surface area contributed by atoms with Crippen molar-refractivity contribution in [2.75, 3.05) is 21.3 Å². The normalized spacial score (nSPS) is 11.6. The van der Waals surface area contributed by atoms with Gasteiger partial charge >= 0.3 is 11.8 Å². The quantitative estimate of drug-likeness (QED) is 0.0691. The first-order chi connectivity index (χ1) is 26.3. The van der Waals surface area contributed by atoms with E-state index in [-0.39, 0.29) is 56.1 Å². The summed E-state index contributed by atoms with van der Waals surface area (Å²) in [5.74, 6) is -3.78. The van der Waals surface area contributed by atoms with Gasteiger partial charge in [-0.15, -0.1) is 0 Å². The molecule has 0 unspecified atom stereocenters. The lowest BCUT2D eigenvalue weighted by atomic mass is 10.1. The maximum absolute atomic E-state index is 13.2. The van der Waals surface area contributed by atoms with Crippen molar-refractivity contribution in [2.45, 2.75) is 23.6 Å². The second-order valence-corrected chi connectivity index (χ2v) is 15.4. The number of carbonyl (C=O) groups excluding carboxylic acids is 4. The highest BCUT2D eigenvalue weighted by molar-refractivity contribution is 7.86. The van der Waals surface area contributed by atoms with Gasteiger partial charge in [0.25, 0.3) is 32.1 Å². The average molecular weight is 799 g/mol. The summed E-state index contributed by atoms with van der Waals surface area (Å²) in [6.07, 6.45) is 0. The number of benzene rings is 6. The molecule has 0 saturated heterocycles. The molecule has 0 saturated carbocycles. The number of aromatic hydroxyl groups is 2. The number of aryl methyl sites for hydroxylation is 2. The Labute approximate surface area is 318 Å². The third kappa shape index (κ3) is 8.43. The van der Waals surface area contributed by atoms with Gasteiger partial charge in [-0.05, 0) is 133 Å². The number of carbonyl (C=O) groups is 4. The molecule has 0 aliphatic carbocycles. The zero-order chi connectivity index (χ0) is 40.7. The Bertz CT molecular complexity index is 2700. The van der Waals surface area contributed by atoms with Crippen molar-refractivity contribution in [1.82, 2.24) is 0 Å². The Kier molecular flexibility index (Phi) is 10.2. The minimum atomic E-state index is -4.66. The number of phenols is 2. The van der Waals surface area contributed by atoms with E-state index in [1.807, 2.05) is 0 Å². The predicted molar refractivity (Wildman–Crippen MR) is 206 cm³/mol. The van der Waals surface area contributed by atoms with E-state index in [2.05, 4.69) is 21.3 Å². The van der Waals surface area contributed by atoms with E-state index in [4.69, 9.17) is 0 Å². The van der Waals surface area contributed by atoms with E-state index in [0.717, 1.165) is 24.3 Å². The highest BCUT2D eigenvalue weighted by atomic mass is 32.2. The number of phenolic OH excluding ortho intramolecular Hbond substituents is 2. The SMILES string of the molecule is Cc1cc(C(=O)Nc2cc(S(=O)(=O)O)cc3cc(O)ccc23)ccc1NC(=O)C(=O)Nc1ccc(C(=O)Nc2cc(S(=O)(=O)O)cc3cc(O)ccc23)cc1C. The zero-order valence-corrected chi connectivity index (χ0v) is 30.7. The fourth-order valence-corrected chi connectivity index (χ4v) is 6.89. The summed E-state index contributed by atoms with van der Waals surface area (Å²) in [7, 11) is -9.32. The van der Waals surface area contributed by atoms with E-state index >= 15 is 0 Å². The Morgan fingerprint density at radius 2 is 0.839 bits per heavy atom. The average Bonchev–Trinajstić information content (AvgIpc) is 3.11. The number of nitrogens with one attached hydrogen (secondary N) is 4. The lowest BCUT2D eigenvalue weighted by Crippen LogP contribution is -2.29. The van der Waals surface area contributed by atoms with E-state index in [1.54, 1.807) is 13.8 Å². The standard InChI is InChI=1S/C38H30N4O12S2/c1-19-11-21(35(45)41-33-17-27(55(49,50)51)15-23-13-25(43)5-7-29(23)33)3-9-31(19)39-37(47)38(48)40-32-10-4-22(12-20(32)2)36(46)42-34-18-28(56(52,53)54)16-24-14-26(44)6-8-30(24)34/h3-18,43-44H,1-2H3,(H,39,47)(H,40,48)(H,41,45)(H,42,46)(H,49,50,51)(H,52,53,54). The third-order valence-electron chi connectivity index (χ3n) is 8.59. The smallest absolute Gasteiger partial charge is 0.314 e. The van der Waals surface area contributed by atoms with Crippen LogP contribution in [0.4, 0.5) is 22.7 Å². The molecular formula is C38H30N4O12S2. The van der Waals surface area contributed by atoms with Crippen LogP contribution in [0.1, 0.15) is 31.8 Å². The Hall–Kier alpha value is -6.86. The van der Waals surface area contributed by atoms with Crippen LogP contribution in [0.25, 0.3) is 21.5 Å². The molecule has 0 radical (unpaired) electrons. The second-order valence-electron chi connectivity index (χ2n) is 12.6. The van der Waals surface area contributed by atoms with Gasteiger partial charge in [-0.25, -0.2) is 0 Å². The van der Waals surface area contributed by atoms with Crippen molar-refractivity contribution in [3.05, 3.63) is 119 Å². The zero-order valence-electron chi connectivity index (χ0n) is 29.1. The molecule has 0 fully saturated rings. The summed E-state index contributed by atoms with van der Waals surface area (Å²) < 4.78 is 66.6. The summed E-state index contributed by atoms with van der Waals surface area (Å²) in [4.78, 5) is 51.1. The largest absolute Gasteiger partial charge is 0.508 e. The van der Waals surface area contributed by atoms with E-state index in [9.17, 15) is 55.3 Å². The fraction of sp³-hybridized carbons (Fsp3) is 0.0526. The van der Waals surface area contributed by atoms with Crippen molar-refractivity contribution in [3.63, 3.8) is 0 Å². The highest BCUT2D eigenvalue weighted by Crippen LogP contribution is 2.33. The van der Waals surface area contributed by atoms with Crippen molar-refractivity contribution >= 4 is 88.2 Å². The molecule has 56 heavy (non-hydrogen) atoms. The van der Waals surface area contributed by atoms with Crippen LogP contribution in [-0.4, -0.2) is 59.8 Å². The molecule has 0 aromatic heterocycles. The predicted octanol–water partition coefficient (Wildman–Crippen LogP) is 5.60. The minimum Gasteiger partial charge on any atom is -0.508 e. The van der Waals surface area contributed by atoms with Crippen LogP contribution in [0.2, 0.25) is 0 Å². The van der Waals surface area contributed by atoms with Crippen LogP contribution >= 0.6 is 0 Å². The molecule has 18 heteroatoms. The van der Waals surface area contributed by atoms with Gasteiger partial charge < -0.3 is 31.5 Å². The second kappa shape index (κ2) is 14.8. The van der Waals surface area contributed by atoms with Crippen LogP contribution in [0.5, 0.6) is 11.5 Å². The fourth-order valence-electron chi connectivity index (χ4n) is 5.80. The van der Waals surface area contributed by atoms with Crippen LogP contribution in [0, 0.1) is 13.8 Å². The molecule has 8 N–H and O–H groups in total. The Balaban J connectivity index is 1.12. The maximum Gasteiger partial charge on any atom is 0.314 e. The summed E-state index contributed by atoms with van der Waals surface area (Å²) in [6, 6.07) is 20.9. The van der Waals surface area contributed by atoms with Gasteiger partial charge in [-0.2, -0.15) is 16.8 Å². The van der Waals surface area contributed by atoms with Crippen molar-refractivity contribution in [3.8, 4) is 11.5 Å². The number of amides is 4. The molecule has 0 spiro atoms. The molecule has 6 aromatic rings. The van der Waals surface area contributed by atoms with E-state index < -0.39 is 53.7 Å². The summed E-state index contributed by atoms with van der Waals surface area (Å²) in [6.45, 7) is 3.14. The topological polar surface area (TPSA) is 266 Å². The molecule has 6 rings (SSSR count). The molecule has 16 nitrogen and oxygen atoms in total. The number of hydrogen-bond acceptors (Lipinski definition) is 10. The van der Waals surface area contributed by atoms with Gasteiger partial charge in [-0.1, -0.05) is 0 Å². The molecule has 0 heterocycles. The molecule has 0 bridgehead atoms. The summed E-state index contributed by atoms with van der Waals surface area (Å²) in [5.41, 5.74) is 1.45. The summed E-state index contributed by atoms with van der Waals surface area (Å²) in [5, 5.41) is 31.1. The van der Waals surface area contributed by atoms with Crippen LogP contribution < -0.4 is 21.3 Å². The molecule has 0 atom stereocenters. The molecule has 4 amide bonds. The van der Waals surface area contributed by atoms with Crippen LogP contribution in [0.15, 0.2) is 107 Å². The lowest BCUT2D eigenvalue weighted by molar-refractivity contribution is -0.133. The van der Waals surface area contributed by atoms with Crippen LogP contribution in [-0.2, 0) is 29.8 Å². The van der Waals surface area contributed by atoms with E-state index in [1.165, 1.54) is 72.8 Å². The monoisotopic (exact) mass is 798 g/mol. The van der Waals surface area contributed by atoms with Crippen molar-refractivity contribution < 1.29 is 55.3 Å². The van der Waals surface area contributed by atoms with Crippen molar-refractivity contribution in [2.24, 2.45) is 0 Å². The first-order valence-corrected chi connectivity index (χ1v) is 19.1. The lowest BCUT2D eigenvalue weighted by Gasteiger charge is -2.14. The first kappa shape index (κ1) is 38.9. The van der Waals surface area contributed by atoms with Gasteiger partial charge in [0.15, 0.2) is 0 Å². The Morgan fingerprint density at radius 1 is 0.464 bits per heavy atom. The number of hydrogen-bond donors (Lipinski definition) is 8. The molecule has 0 aliphatic rings. The number of fused-ring (bicyclic) bond motifs is 2. The van der Waals surface area contributed by atoms with Gasteiger partial charge in [-0.3, -0.25) is 28.3 Å². The van der Waals surface area contributed by atoms with E-state index in [0.29, 0.717) is 21.9 Å². The Morgan fingerprint density at radius 3 is 1.18 bits per heavy atom. The molecule has 286 valence electrons. The van der Waals surface area contributed by atoms with Gasteiger partial charge in [0, 0.05) is 33.3 Å². The minimum absolute atomic E-state index is 0.0387. The molecular weight excluding hydrogens is 769 g/mol. The van der Waals surface area contributed by atoms with Gasteiger partial charge in [0.05, 0.1) is 21.2 Å². The van der Waals surface area contributed by atoms with Crippen LogP contribution in [0.3, 0.4) is 0 Å². The highest BCUT2D eigenvalue weighted by Gasteiger charge is 2.21. The number of rotatable bonds is 8. The van der Waals surface area contributed by atoms with Gasteiger partial charge in [0.1, 0.15) is 11.5 Å². The maximum atomic E-state index is 13.2. The molecule has 0 aliphatic heterocycles. The third-order valence-corrected chi connectivity index (χ3v) is 10.3.